The molecule has 2 fully saturated rings. The molecule has 0 bridgehead atoms. The number of nitrogens with zero attached hydrogens (tertiary/aromatic N) is 6. The van der Waals surface area contributed by atoms with Gasteiger partial charge in [0.25, 0.3) is 0 Å². The predicted molar refractivity (Wildman–Crippen MR) is 119 cm³/mol. The highest BCUT2D eigenvalue weighted by Crippen LogP contribution is 2.36. The summed E-state index contributed by atoms with van der Waals surface area (Å²) >= 11 is 0. The van der Waals surface area contributed by atoms with Crippen LogP contribution in [0.1, 0.15) is 54.8 Å². The molecule has 8 heteroatoms. The van der Waals surface area contributed by atoms with E-state index in [0.29, 0.717) is 30.1 Å². The zero-order chi connectivity index (χ0) is 22.8. The number of nitriles is 2. The molecule has 0 spiro atoms. The highest BCUT2D eigenvalue weighted by Gasteiger charge is 2.37. The van der Waals surface area contributed by atoms with E-state index in [1.54, 1.807) is 12.3 Å². The number of aromatic nitrogens is 3. The summed E-state index contributed by atoms with van der Waals surface area (Å²) in [6, 6.07) is 11.4. The average molecular weight is 441 g/mol. The lowest BCUT2D eigenvalue weighted by Gasteiger charge is -2.31. The van der Waals surface area contributed by atoms with Crippen molar-refractivity contribution in [3.05, 3.63) is 59.5 Å². The molecule has 5 rings (SSSR count). The maximum atomic E-state index is 13.3. The molecular weight excluding hydrogens is 416 g/mol. The lowest BCUT2D eigenvalue weighted by molar-refractivity contribution is -0.183. The van der Waals surface area contributed by atoms with Crippen LogP contribution in [-0.4, -0.2) is 32.3 Å². The minimum atomic E-state index is -0.189. The van der Waals surface area contributed by atoms with Crippen LogP contribution >= 0.6 is 0 Å². The zero-order valence-corrected chi connectivity index (χ0v) is 18.2. The predicted octanol–water partition coefficient (Wildman–Crippen LogP) is 3.89. The number of carbonyl (C=O) groups is 1. The summed E-state index contributed by atoms with van der Waals surface area (Å²) < 4.78 is 1.97. The van der Waals surface area contributed by atoms with Crippen LogP contribution in [0.2, 0.25) is 0 Å². The molecule has 1 aliphatic carbocycles. The van der Waals surface area contributed by atoms with Crippen molar-refractivity contribution in [2.75, 3.05) is 6.61 Å². The second-order valence-corrected chi connectivity index (χ2v) is 8.87. The molecule has 1 aromatic carbocycles. The Bertz CT molecular complexity index is 1260. The van der Waals surface area contributed by atoms with Gasteiger partial charge in [0, 0.05) is 42.9 Å². The number of carbonyl (C=O) groups excluding carboxylic acids is 1. The van der Waals surface area contributed by atoms with Gasteiger partial charge in [0.2, 0.25) is 5.91 Å². The van der Waals surface area contributed by atoms with Crippen molar-refractivity contribution in [3.8, 4) is 12.1 Å². The van der Waals surface area contributed by atoms with Crippen molar-refractivity contribution in [3.63, 3.8) is 0 Å². The molecule has 1 atom stereocenters. The van der Waals surface area contributed by atoms with Gasteiger partial charge in [-0.3, -0.25) is 19.3 Å². The van der Waals surface area contributed by atoms with Gasteiger partial charge in [0.15, 0.2) is 0 Å². The average Bonchev–Trinajstić information content (AvgIpc) is 3.50. The normalized spacial score (nSPS) is 22.7. The Hall–Kier alpha value is -3.75. The molecule has 2 aliphatic rings. The smallest absolute Gasteiger partial charge is 0.249 e. The van der Waals surface area contributed by atoms with Crippen LogP contribution in [0.5, 0.6) is 0 Å². The van der Waals surface area contributed by atoms with Gasteiger partial charge in [-0.25, -0.2) is 5.06 Å². The van der Waals surface area contributed by atoms with E-state index in [9.17, 15) is 4.79 Å². The SMILES string of the molecule is N#Cc1cncc([C@@H]2CCON2C(=O)[C@H]2CC[C@H](Cn3cc4ccc(C#N)cc4n3)CC2)c1. The lowest BCUT2D eigenvalue weighted by atomic mass is 9.81. The summed E-state index contributed by atoms with van der Waals surface area (Å²) in [5.41, 5.74) is 2.79. The fourth-order valence-electron chi connectivity index (χ4n) is 4.96. The van der Waals surface area contributed by atoms with E-state index >= 15 is 0 Å². The van der Waals surface area contributed by atoms with Gasteiger partial charge >= 0.3 is 0 Å². The van der Waals surface area contributed by atoms with Crippen molar-refractivity contribution in [2.45, 2.75) is 44.7 Å². The fraction of sp³-hybridized carbons (Fsp3) is 0.400. The fourth-order valence-corrected chi connectivity index (χ4v) is 4.96. The Balaban J connectivity index is 1.20. The molecule has 0 radical (unpaired) electrons. The minimum Gasteiger partial charge on any atom is -0.272 e. The minimum absolute atomic E-state index is 0.0344. The van der Waals surface area contributed by atoms with Gasteiger partial charge in [-0.05, 0) is 61.4 Å². The monoisotopic (exact) mass is 440 g/mol. The van der Waals surface area contributed by atoms with Crippen LogP contribution in [0, 0.1) is 34.5 Å². The molecule has 33 heavy (non-hydrogen) atoms. The Morgan fingerprint density at radius 3 is 2.67 bits per heavy atom. The molecule has 3 aromatic rings. The lowest BCUT2D eigenvalue weighted by Crippen LogP contribution is -2.37. The second kappa shape index (κ2) is 9.01. The van der Waals surface area contributed by atoms with E-state index in [-0.39, 0.29) is 17.9 Å². The van der Waals surface area contributed by atoms with Crippen LogP contribution in [0.25, 0.3) is 10.9 Å². The first-order valence-electron chi connectivity index (χ1n) is 11.3. The van der Waals surface area contributed by atoms with Crippen LogP contribution in [0.4, 0.5) is 0 Å². The first-order valence-corrected chi connectivity index (χ1v) is 11.3. The van der Waals surface area contributed by atoms with E-state index in [0.717, 1.165) is 48.7 Å². The molecule has 1 saturated carbocycles. The molecule has 8 nitrogen and oxygen atoms in total. The summed E-state index contributed by atoms with van der Waals surface area (Å²) in [7, 11) is 0. The second-order valence-electron chi connectivity index (χ2n) is 8.87. The van der Waals surface area contributed by atoms with Gasteiger partial charge in [0.1, 0.15) is 6.07 Å². The first kappa shape index (κ1) is 21.1. The summed E-state index contributed by atoms with van der Waals surface area (Å²) in [5, 5.41) is 25.4. The number of rotatable bonds is 4. The molecular formula is C25H24N6O2. The Kier molecular flexibility index (Phi) is 5.77. The maximum Gasteiger partial charge on any atom is 0.249 e. The largest absolute Gasteiger partial charge is 0.272 e. The first-order chi connectivity index (χ1) is 16.1. The van der Waals surface area contributed by atoms with Crippen molar-refractivity contribution in [2.24, 2.45) is 11.8 Å². The molecule has 166 valence electrons. The van der Waals surface area contributed by atoms with E-state index in [1.165, 1.54) is 11.3 Å². The van der Waals surface area contributed by atoms with Crippen molar-refractivity contribution in [1.29, 1.82) is 10.5 Å². The number of fused-ring (bicyclic) bond motifs is 1. The van der Waals surface area contributed by atoms with E-state index in [1.807, 2.05) is 29.1 Å². The molecule has 1 amide bonds. The van der Waals surface area contributed by atoms with Gasteiger partial charge < -0.3 is 0 Å². The Labute approximate surface area is 192 Å². The third-order valence-corrected chi connectivity index (χ3v) is 6.72. The molecule has 1 aliphatic heterocycles. The van der Waals surface area contributed by atoms with Gasteiger partial charge in [-0.2, -0.15) is 15.6 Å². The highest BCUT2D eigenvalue weighted by molar-refractivity contribution is 5.79. The topological polar surface area (TPSA) is 108 Å². The number of hydroxylamine groups is 2. The third kappa shape index (κ3) is 4.30. The molecule has 0 N–H and O–H groups in total. The molecule has 0 unspecified atom stereocenters. The number of benzene rings is 1. The van der Waals surface area contributed by atoms with Crippen molar-refractivity contribution in [1.82, 2.24) is 19.8 Å². The Morgan fingerprint density at radius 1 is 1.06 bits per heavy atom. The Morgan fingerprint density at radius 2 is 1.88 bits per heavy atom. The molecule has 1 saturated heterocycles. The van der Waals surface area contributed by atoms with Crippen LogP contribution in [0.15, 0.2) is 42.9 Å². The van der Waals surface area contributed by atoms with Gasteiger partial charge in [-0.1, -0.05) is 0 Å². The third-order valence-electron chi connectivity index (χ3n) is 6.72. The van der Waals surface area contributed by atoms with E-state index in [4.69, 9.17) is 15.4 Å². The van der Waals surface area contributed by atoms with Crippen LogP contribution < -0.4 is 0 Å². The van der Waals surface area contributed by atoms with Crippen molar-refractivity contribution >= 4 is 16.8 Å². The van der Waals surface area contributed by atoms with Gasteiger partial charge in [0.05, 0.1) is 35.4 Å². The zero-order valence-electron chi connectivity index (χ0n) is 18.2. The summed E-state index contributed by atoms with van der Waals surface area (Å²) in [5.74, 6) is 0.446. The number of pyridine rings is 1. The summed E-state index contributed by atoms with van der Waals surface area (Å²) in [6.07, 6.45) is 9.54. The number of amides is 1. The molecule has 2 aromatic heterocycles. The van der Waals surface area contributed by atoms with Gasteiger partial charge in [-0.15, -0.1) is 0 Å². The van der Waals surface area contributed by atoms with E-state index in [2.05, 4.69) is 22.2 Å². The molecule has 3 heterocycles. The standard InChI is InChI=1S/C25H24N6O2/c26-11-18-3-6-21-16-30(29-23(21)10-18)15-17-1-4-20(5-2-17)25(32)31-24(7-8-33-31)22-9-19(12-27)13-28-14-22/h3,6,9-10,13-14,16-17,20,24H,1-2,4-5,7-8,15H2/t17-,20-,24-/m0/s1. The van der Waals surface area contributed by atoms with E-state index < -0.39 is 0 Å². The van der Waals surface area contributed by atoms with Crippen LogP contribution in [0.3, 0.4) is 0 Å². The van der Waals surface area contributed by atoms with Crippen LogP contribution in [-0.2, 0) is 16.2 Å². The summed E-state index contributed by atoms with van der Waals surface area (Å²) in [4.78, 5) is 23.1. The van der Waals surface area contributed by atoms with Crippen molar-refractivity contribution < 1.29 is 9.63 Å². The summed E-state index contributed by atoms with van der Waals surface area (Å²) in [6.45, 7) is 1.30. The maximum absolute atomic E-state index is 13.3. The highest BCUT2D eigenvalue weighted by atomic mass is 16.7. The number of hydrogen-bond donors (Lipinski definition) is 0. The number of hydrogen-bond acceptors (Lipinski definition) is 6. The quantitative estimate of drug-likeness (QED) is 0.609.